The Kier molecular flexibility index (Phi) is 9.83. The highest BCUT2D eigenvalue weighted by atomic mass is 32.2. The van der Waals surface area contributed by atoms with Crippen molar-refractivity contribution in [3.05, 3.63) is 101 Å². The first-order valence-corrected chi connectivity index (χ1v) is 19.2. The summed E-state index contributed by atoms with van der Waals surface area (Å²) < 4.78 is 67.5. The average Bonchev–Trinajstić information content (AvgIpc) is 3.36. The summed E-state index contributed by atoms with van der Waals surface area (Å²) >= 11 is 0. The van der Waals surface area contributed by atoms with Crippen LogP contribution >= 0.6 is 0 Å². The molecule has 2 aliphatic rings. The molecule has 49 heavy (non-hydrogen) atoms. The number of carboxylic acids is 1. The van der Waals surface area contributed by atoms with Gasteiger partial charge in [0.15, 0.2) is 5.71 Å². The summed E-state index contributed by atoms with van der Waals surface area (Å²) in [5.74, 6) is -1.22. The van der Waals surface area contributed by atoms with Crippen molar-refractivity contribution in [1.29, 1.82) is 0 Å². The van der Waals surface area contributed by atoms with Gasteiger partial charge in [-0.25, -0.2) is 0 Å². The molecule has 2 aliphatic heterocycles. The molecule has 0 bridgehead atoms. The van der Waals surface area contributed by atoms with Crippen molar-refractivity contribution in [2.75, 3.05) is 23.7 Å². The van der Waals surface area contributed by atoms with Gasteiger partial charge in [-0.2, -0.15) is 21.4 Å². The third kappa shape index (κ3) is 7.28. The molecule has 3 aromatic carbocycles. The Morgan fingerprint density at radius 1 is 0.918 bits per heavy atom. The summed E-state index contributed by atoms with van der Waals surface area (Å²) in [6.07, 6.45) is 10.6. The van der Waals surface area contributed by atoms with Gasteiger partial charge in [0.1, 0.15) is 6.54 Å². The lowest BCUT2D eigenvalue weighted by Gasteiger charge is -2.26. The number of hydrogen-bond acceptors (Lipinski definition) is 6. The van der Waals surface area contributed by atoms with E-state index in [0.29, 0.717) is 13.0 Å². The number of carbonyl (C=O) groups is 1. The molecule has 12 heteroatoms. The van der Waals surface area contributed by atoms with E-state index in [9.17, 15) is 35.8 Å². The van der Waals surface area contributed by atoms with Gasteiger partial charge in [-0.1, -0.05) is 50.3 Å². The number of fused-ring (bicyclic) bond motifs is 4. The number of aryl methyl sites for hydroxylation is 1. The van der Waals surface area contributed by atoms with Gasteiger partial charge < -0.3 is 10.0 Å². The second-order valence-corrected chi connectivity index (χ2v) is 16.5. The number of allylic oxidation sites excluding steroid dienone is 6. The van der Waals surface area contributed by atoms with Crippen LogP contribution in [0.4, 0.5) is 11.4 Å². The summed E-state index contributed by atoms with van der Waals surface area (Å²) in [5.41, 5.74) is 6.12. The molecule has 0 fully saturated rings. The molecular formula is C37H43N2O8S2+. The van der Waals surface area contributed by atoms with Gasteiger partial charge in [-0.05, 0) is 79.4 Å². The van der Waals surface area contributed by atoms with Gasteiger partial charge in [-0.15, -0.1) is 0 Å². The first-order chi connectivity index (χ1) is 22.9. The van der Waals surface area contributed by atoms with Crippen LogP contribution in [0.5, 0.6) is 0 Å². The molecular weight excluding hydrogens is 665 g/mol. The lowest BCUT2D eigenvalue weighted by Crippen LogP contribution is -2.28. The monoisotopic (exact) mass is 707 g/mol. The molecule has 2 heterocycles. The van der Waals surface area contributed by atoms with Gasteiger partial charge in [0, 0.05) is 53.9 Å². The van der Waals surface area contributed by atoms with Gasteiger partial charge in [-0.3, -0.25) is 13.9 Å². The van der Waals surface area contributed by atoms with Crippen LogP contribution in [0.25, 0.3) is 10.8 Å². The summed E-state index contributed by atoms with van der Waals surface area (Å²) in [6, 6.07) is 14.4. The standard InChI is InChI=1S/C37H42N2O8S2/c1-6-38-31-19-15-26-24-27(49(45,46)47)16-17-28(26)35(31)37(4,5)33(38)12-9-7-8-11-32-36(2,3)29-23-25(14-20-34(40)41)13-18-30(29)39(32)21-10-22-48(42,43)44/h7-9,11-13,15-19,23-24H,6,10,14,20-22H2,1-5H3,(H2-,40,41,42,43,44,45,46,47)/p+1. The van der Waals surface area contributed by atoms with Crippen LogP contribution in [-0.4, -0.2) is 66.1 Å². The van der Waals surface area contributed by atoms with Gasteiger partial charge in [0.05, 0.1) is 16.1 Å². The number of benzene rings is 3. The SMILES string of the molecule is CCN1C(=CC=CC=CC2=[N+](CCCS(=O)(=O)O)c3ccc(CCC(=O)O)cc3C2(C)C)C(C)(C)c2c1ccc1cc(S(=O)(=O)O)ccc21. The number of rotatable bonds is 12. The topological polar surface area (TPSA) is 152 Å². The molecule has 0 unspecified atom stereocenters. The Bertz CT molecular complexity index is 2180. The molecule has 0 saturated carbocycles. The van der Waals surface area contributed by atoms with Crippen LogP contribution < -0.4 is 4.90 Å². The van der Waals surface area contributed by atoms with Crippen LogP contribution in [0.1, 0.15) is 64.2 Å². The molecule has 0 spiro atoms. The molecule has 0 aromatic heterocycles. The number of anilines is 1. The molecule has 3 N–H and O–H groups in total. The molecule has 0 radical (unpaired) electrons. The van der Waals surface area contributed by atoms with Gasteiger partial charge >= 0.3 is 5.97 Å². The van der Waals surface area contributed by atoms with E-state index in [4.69, 9.17) is 0 Å². The summed E-state index contributed by atoms with van der Waals surface area (Å²) in [5, 5.41) is 10.8. The van der Waals surface area contributed by atoms with Crippen molar-refractivity contribution >= 4 is 54.1 Å². The zero-order chi connectivity index (χ0) is 35.9. The molecule has 3 aromatic rings. The van der Waals surface area contributed by atoms with Crippen LogP contribution in [-0.2, 0) is 42.3 Å². The molecule has 260 valence electrons. The smallest absolute Gasteiger partial charge is 0.303 e. The molecule has 0 aliphatic carbocycles. The minimum atomic E-state index is -4.33. The quantitative estimate of drug-likeness (QED) is 0.108. The third-order valence-corrected chi connectivity index (χ3v) is 11.2. The molecule has 0 amide bonds. The second kappa shape index (κ2) is 13.3. The van der Waals surface area contributed by atoms with E-state index in [1.807, 2.05) is 54.6 Å². The zero-order valence-corrected chi connectivity index (χ0v) is 30.0. The minimum absolute atomic E-state index is 0.0244. The zero-order valence-electron chi connectivity index (χ0n) is 28.3. The number of hydrogen-bond donors (Lipinski definition) is 3. The molecule has 0 atom stereocenters. The Balaban J connectivity index is 1.46. The van der Waals surface area contributed by atoms with Crippen LogP contribution in [0, 0.1) is 0 Å². The highest BCUT2D eigenvalue weighted by molar-refractivity contribution is 7.86. The van der Waals surface area contributed by atoms with Crippen molar-refractivity contribution in [1.82, 2.24) is 0 Å². The maximum Gasteiger partial charge on any atom is 0.303 e. The second-order valence-electron chi connectivity index (χ2n) is 13.5. The van der Waals surface area contributed by atoms with E-state index in [1.165, 1.54) is 12.1 Å². The summed E-state index contributed by atoms with van der Waals surface area (Å²) in [7, 11) is -8.44. The van der Waals surface area contributed by atoms with Gasteiger partial charge in [0.25, 0.3) is 20.2 Å². The summed E-state index contributed by atoms with van der Waals surface area (Å²) in [4.78, 5) is 13.3. The predicted molar refractivity (Wildman–Crippen MR) is 192 cm³/mol. The van der Waals surface area contributed by atoms with Gasteiger partial charge in [0.2, 0.25) is 5.69 Å². The highest BCUT2D eigenvalue weighted by Crippen LogP contribution is 2.50. The van der Waals surface area contributed by atoms with Crippen molar-refractivity contribution in [2.45, 2.75) is 69.6 Å². The van der Waals surface area contributed by atoms with Crippen molar-refractivity contribution < 1.29 is 40.4 Å². The minimum Gasteiger partial charge on any atom is -0.481 e. The lowest BCUT2D eigenvalue weighted by molar-refractivity contribution is -0.437. The van der Waals surface area contributed by atoms with Crippen molar-refractivity contribution in [2.24, 2.45) is 0 Å². The maximum absolute atomic E-state index is 11.8. The van der Waals surface area contributed by atoms with E-state index in [2.05, 4.69) is 50.2 Å². The Labute approximate surface area is 288 Å². The molecule has 0 saturated heterocycles. The third-order valence-electron chi connectivity index (χ3n) is 9.53. The average molecular weight is 708 g/mol. The molecule has 5 rings (SSSR count). The predicted octanol–water partition coefficient (Wildman–Crippen LogP) is 6.57. The van der Waals surface area contributed by atoms with E-state index in [-0.39, 0.29) is 23.5 Å². The van der Waals surface area contributed by atoms with Crippen LogP contribution in [0.15, 0.2) is 89.5 Å². The number of nitrogens with zero attached hydrogens (tertiary/aromatic N) is 2. The number of carboxylic acid groups (broad SMARTS) is 1. The van der Waals surface area contributed by atoms with E-state index in [0.717, 1.165) is 56.8 Å². The Hall–Kier alpha value is -4.10. The summed E-state index contributed by atoms with van der Waals surface area (Å²) in [6.45, 7) is 11.6. The van der Waals surface area contributed by atoms with Crippen LogP contribution in [0.2, 0.25) is 0 Å². The Morgan fingerprint density at radius 2 is 1.65 bits per heavy atom. The fraction of sp³-hybridized carbons (Fsp3) is 0.351. The fourth-order valence-corrected chi connectivity index (χ4v) is 8.22. The van der Waals surface area contributed by atoms with Crippen LogP contribution in [0.3, 0.4) is 0 Å². The van der Waals surface area contributed by atoms with E-state index >= 15 is 0 Å². The fourth-order valence-electron chi connectivity index (χ4n) is 7.21. The van der Waals surface area contributed by atoms with E-state index in [1.54, 1.807) is 6.07 Å². The first kappa shape index (κ1) is 36.2. The number of likely N-dealkylation sites (N-methyl/N-ethyl adjacent to an activating group) is 1. The lowest BCUT2D eigenvalue weighted by atomic mass is 9.80. The maximum atomic E-state index is 11.8. The Morgan fingerprint density at radius 3 is 2.31 bits per heavy atom. The number of aliphatic carboxylic acids is 1. The van der Waals surface area contributed by atoms with E-state index < -0.39 is 37.0 Å². The molecule has 10 nitrogen and oxygen atoms in total. The first-order valence-electron chi connectivity index (χ1n) is 16.2. The van der Waals surface area contributed by atoms with Crippen molar-refractivity contribution in [3.63, 3.8) is 0 Å². The van der Waals surface area contributed by atoms with Crippen molar-refractivity contribution in [3.8, 4) is 0 Å². The normalized spacial score (nSPS) is 17.9. The largest absolute Gasteiger partial charge is 0.481 e. The highest BCUT2D eigenvalue weighted by Gasteiger charge is 2.44.